The van der Waals surface area contributed by atoms with Crippen molar-refractivity contribution in [1.29, 1.82) is 0 Å². The highest BCUT2D eigenvalue weighted by Crippen LogP contribution is 2.14. The van der Waals surface area contributed by atoms with Crippen molar-refractivity contribution in [2.75, 3.05) is 0 Å². The molecule has 2 aromatic carbocycles. The minimum atomic E-state index is 0.768. The Kier molecular flexibility index (Phi) is 3.25. The van der Waals surface area contributed by atoms with E-state index in [9.17, 15) is 0 Å². The number of fused-ring (bicyclic) bond motifs is 1. The summed E-state index contributed by atoms with van der Waals surface area (Å²) in [5.74, 6) is 6.44. The maximum Gasteiger partial charge on any atom is 0.0858 e. The molecule has 1 heteroatoms. The molecule has 1 nitrogen and oxygen atoms in total. The molecule has 3 aromatic rings. The number of hydrogen-bond acceptors (Lipinski definition) is 1. The Morgan fingerprint density at radius 1 is 0.842 bits per heavy atom. The van der Waals surface area contributed by atoms with Crippen molar-refractivity contribution in [3.8, 4) is 11.8 Å². The molecule has 0 amide bonds. The molecule has 1 aromatic heterocycles. The van der Waals surface area contributed by atoms with E-state index >= 15 is 0 Å². The Bertz CT molecular complexity index is 743. The van der Waals surface area contributed by atoms with E-state index in [4.69, 9.17) is 0 Å². The van der Waals surface area contributed by atoms with Crippen molar-refractivity contribution in [3.63, 3.8) is 0 Å². The van der Waals surface area contributed by atoms with Crippen LogP contribution in [0.1, 0.15) is 11.1 Å². The lowest BCUT2D eigenvalue weighted by Crippen LogP contribution is -1.84. The monoisotopic (exact) mass is 243 g/mol. The number of para-hydroxylation sites is 1. The van der Waals surface area contributed by atoms with Crippen molar-refractivity contribution in [1.82, 2.24) is 4.98 Å². The lowest BCUT2D eigenvalue weighted by molar-refractivity contribution is 1.32. The highest BCUT2D eigenvalue weighted by Gasteiger charge is 1.97. The molecule has 90 valence electrons. The smallest absolute Gasteiger partial charge is 0.0858 e. The molecule has 1 heterocycles. The Balaban J connectivity index is 1.90. The van der Waals surface area contributed by atoms with Crippen LogP contribution in [0.2, 0.25) is 0 Å². The quantitative estimate of drug-likeness (QED) is 0.592. The van der Waals surface area contributed by atoms with Crippen LogP contribution in [-0.4, -0.2) is 4.98 Å². The summed E-state index contributed by atoms with van der Waals surface area (Å²) in [6, 6.07) is 20.4. The zero-order valence-corrected chi connectivity index (χ0v) is 10.5. The molecule has 0 fully saturated rings. The first-order valence-electron chi connectivity index (χ1n) is 6.30. The highest BCUT2D eigenvalue weighted by atomic mass is 14.6. The van der Waals surface area contributed by atoms with Crippen LogP contribution in [0.5, 0.6) is 0 Å². The fraction of sp³-hybridized carbons (Fsp3) is 0.0556. The van der Waals surface area contributed by atoms with Gasteiger partial charge in [0, 0.05) is 18.0 Å². The fourth-order valence-electron chi connectivity index (χ4n) is 2.04. The molecule has 0 saturated carbocycles. The standard InChI is InChI=1S/C18H13N/c1-2-7-15(8-3-1)9-4-10-16-11-5-12-17-13-6-14-19-18(16)17/h1-3,5-8,11-14H,9H2. The van der Waals surface area contributed by atoms with Gasteiger partial charge in [-0.1, -0.05) is 60.4 Å². The molecule has 0 atom stereocenters. The molecule has 3 rings (SSSR count). The van der Waals surface area contributed by atoms with Gasteiger partial charge < -0.3 is 0 Å². The molecule has 0 saturated heterocycles. The van der Waals surface area contributed by atoms with Gasteiger partial charge in [0.1, 0.15) is 0 Å². The van der Waals surface area contributed by atoms with E-state index in [0.29, 0.717) is 0 Å². The van der Waals surface area contributed by atoms with Gasteiger partial charge in [-0.25, -0.2) is 0 Å². The minimum absolute atomic E-state index is 0.768. The van der Waals surface area contributed by atoms with E-state index in [1.807, 2.05) is 42.6 Å². The van der Waals surface area contributed by atoms with E-state index in [-0.39, 0.29) is 0 Å². The number of hydrogen-bond donors (Lipinski definition) is 0. The third kappa shape index (κ3) is 2.64. The van der Waals surface area contributed by atoms with Gasteiger partial charge in [-0.05, 0) is 17.7 Å². The molecule has 0 N–H and O–H groups in total. The minimum Gasteiger partial charge on any atom is -0.255 e. The number of aromatic nitrogens is 1. The zero-order chi connectivity index (χ0) is 12.9. The lowest BCUT2D eigenvalue weighted by atomic mass is 10.1. The predicted molar refractivity (Wildman–Crippen MR) is 78.8 cm³/mol. The first kappa shape index (κ1) is 11.5. The van der Waals surface area contributed by atoms with Gasteiger partial charge >= 0.3 is 0 Å². The molecule has 0 aliphatic rings. The average Bonchev–Trinajstić information content (AvgIpc) is 2.49. The van der Waals surface area contributed by atoms with Gasteiger partial charge in [0.15, 0.2) is 0 Å². The highest BCUT2D eigenvalue weighted by molar-refractivity contribution is 5.84. The molecular formula is C18H13N. The van der Waals surface area contributed by atoms with Crippen molar-refractivity contribution >= 4 is 10.9 Å². The summed E-state index contributed by atoms with van der Waals surface area (Å²) in [6.07, 6.45) is 2.58. The molecule has 0 spiro atoms. The zero-order valence-electron chi connectivity index (χ0n) is 10.5. The fourth-order valence-corrected chi connectivity index (χ4v) is 2.04. The van der Waals surface area contributed by atoms with Gasteiger partial charge in [0.2, 0.25) is 0 Å². The maximum absolute atomic E-state index is 4.40. The van der Waals surface area contributed by atoms with Crippen LogP contribution in [0.3, 0.4) is 0 Å². The van der Waals surface area contributed by atoms with E-state index in [2.05, 4.69) is 41.1 Å². The second-order valence-corrected chi connectivity index (χ2v) is 4.34. The summed E-state index contributed by atoms with van der Waals surface area (Å²) in [5.41, 5.74) is 3.21. The summed E-state index contributed by atoms with van der Waals surface area (Å²) in [4.78, 5) is 4.40. The number of rotatable bonds is 1. The second-order valence-electron chi connectivity index (χ2n) is 4.34. The largest absolute Gasteiger partial charge is 0.255 e. The summed E-state index contributed by atoms with van der Waals surface area (Å²) < 4.78 is 0. The summed E-state index contributed by atoms with van der Waals surface area (Å²) in [6.45, 7) is 0. The summed E-state index contributed by atoms with van der Waals surface area (Å²) in [7, 11) is 0. The third-order valence-electron chi connectivity index (χ3n) is 2.99. The van der Waals surface area contributed by atoms with Crippen LogP contribution in [0.15, 0.2) is 66.9 Å². The van der Waals surface area contributed by atoms with E-state index in [1.54, 1.807) is 0 Å². The molecular weight excluding hydrogens is 230 g/mol. The Morgan fingerprint density at radius 3 is 2.58 bits per heavy atom. The average molecular weight is 243 g/mol. The normalized spacial score (nSPS) is 9.89. The molecule has 0 unspecified atom stereocenters. The van der Waals surface area contributed by atoms with Crippen molar-refractivity contribution in [2.24, 2.45) is 0 Å². The first-order chi connectivity index (χ1) is 9.43. The van der Waals surface area contributed by atoms with Gasteiger partial charge in [0.25, 0.3) is 0 Å². The summed E-state index contributed by atoms with van der Waals surface area (Å²) in [5, 5.41) is 1.13. The lowest BCUT2D eigenvalue weighted by Gasteiger charge is -1.98. The van der Waals surface area contributed by atoms with Crippen LogP contribution in [0.4, 0.5) is 0 Å². The second kappa shape index (κ2) is 5.37. The third-order valence-corrected chi connectivity index (χ3v) is 2.99. The molecule has 0 aliphatic carbocycles. The van der Waals surface area contributed by atoms with Crippen LogP contribution in [0, 0.1) is 11.8 Å². The number of nitrogens with zero attached hydrogens (tertiary/aromatic N) is 1. The van der Waals surface area contributed by atoms with E-state index < -0.39 is 0 Å². The Hall–Kier alpha value is -2.59. The maximum atomic E-state index is 4.40. The molecule has 0 radical (unpaired) electrons. The SMILES string of the molecule is C(#Cc1cccc2cccnc12)Cc1ccccc1. The topological polar surface area (TPSA) is 12.9 Å². The Labute approximate surface area is 112 Å². The van der Waals surface area contributed by atoms with Crippen molar-refractivity contribution < 1.29 is 0 Å². The predicted octanol–water partition coefficient (Wildman–Crippen LogP) is 3.83. The van der Waals surface area contributed by atoms with Gasteiger partial charge in [-0.15, -0.1) is 0 Å². The van der Waals surface area contributed by atoms with Crippen molar-refractivity contribution in [2.45, 2.75) is 6.42 Å². The van der Waals surface area contributed by atoms with Crippen LogP contribution in [-0.2, 0) is 6.42 Å². The molecule has 0 aliphatic heterocycles. The van der Waals surface area contributed by atoms with E-state index in [1.165, 1.54) is 5.56 Å². The van der Waals surface area contributed by atoms with Crippen molar-refractivity contribution in [3.05, 3.63) is 78.0 Å². The van der Waals surface area contributed by atoms with Crippen LogP contribution < -0.4 is 0 Å². The number of pyridine rings is 1. The van der Waals surface area contributed by atoms with Gasteiger partial charge in [0.05, 0.1) is 11.1 Å². The van der Waals surface area contributed by atoms with E-state index in [0.717, 1.165) is 22.9 Å². The van der Waals surface area contributed by atoms with Gasteiger partial charge in [-0.3, -0.25) is 4.98 Å². The first-order valence-corrected chi connectivity index (χ1v) is 6.30. The molecule has 0 bridgehead atoms. The molecule has 19 heavy (non-hydrogen) atoms. The Morgan fingerprint density at radius 2 is 1.68 bits per heavy atom. The van der Waals surface area contributed by atoms with Crippen LogP contribution >= 0.6 is 0 Å². The van der Waals surface area contributed by atoms with Crippen LogP contribution in [0.25, 0.3) is 10.9 Å². The van der Waals surface area contributed by atoms with Gasteiger partial charge in [-0.2, -0.15) is 0 Å². The summed E-state index contributed by atoms with van der Waals surface area (Å²) >= 11 is 0. The number of benzene rings is 2.